The first-order valence-electron chi connectivity index (χ1n) is 7.16. The third kappa shape index (κ3) is 3.69. The van der Waals surface area contributed by atoms with Gasteiger partial charge in [0.15, 0.2) is 0 Å². The highest BCUT2D eigenvalue weighted by Crippen LogP contribution is 2.30. The fraction of sp³-hybridized carbons (Fsp3) is 0.929. The molecule has 0 saturated heterocycles. The number of amides is 1. The van der Waals surface area contributed by atoms with E-state index < -0.39 is 0 Å². The largest absolute Gasteiger partial charge is 0.381 e. The SMILES string of the molecule is COC1CCC(OC2CCC(C(N)=O)CC2)CC1. The zero-order valence-corrected chi connectivity index (χ0v) is 11.3. The van der Waals surface area contributed by atoms with Gasteiger partial charge in [-0.1, -0.05) is 0 Å². The molecule has 0 atom stereocenters. The van der Waals surface area contributed by atoms with Crippen LogP contribution in [0.15, 0.2) is 0 Å². The van der Waals surface area contributed by atoms with Crippen LogP contribution >= 0.6 is 0 Å². The minimum atomic E-state index is -0.144. The van der Waals surface area contributed by atoms with E-state index in [2.05, 4.69) is 0 Å². The second kappa shape index (κ2) is 6.53. The molecule has 0 aromatic rings. The maximum atomic E-state index is 11.1. The van der Waals surface area contributed by atoms with Gasteiger partial charge in [-0.05, 0) is 51.4 Å². The highest BCUT2D eigenvalue weighted by atomic mass is 16.5. The summed E-state index contributed by atoms with van der Waals surface area (Å²) in [5, 5.41) is 0. The Kier molecular flexibility index (Phi) is 5.01. The van der Waals surface area contributed by atoms with Gasteiger partial charge in [0.05, 0.1) is 18.3 Å². The monoisotopic (exact) mass is 255 g/mol. The number of carbonyl (C=O) groups is 1. The topological polar surface area (TPSA) is 61.6 Å². The van der Waals surface area contributed by atoms with Crippen molar-refractivity contribution in [3.05, 3.63) is 0 Å². The van der Waals surface area contributed by atoms with Gasteiger partial charge in [-0.25, -0.2) is 0 Å². The van der Waals surface area contributed by atoms with E-state index in [1.807, 2.05) is 0 Å². The molecule has 0 radical (unpaired) electrons. The summed E-state index contributed by atoms with van der Waals surface area (Å²) in [4.78, 5) is 11.1. The van der Waals surface area contributed by atoms with Gasteiger partial charge >= 0.3 is 0 Å². The molecule has 0 bridgehead atoms. The van der Waals surface area contributed by atoms with Crippen LogP contribution in [-0.2, 0) is 14.3 Å². The molecule has 0 spiro atoms. The second-order valence-electron chi connectivity index (χ2n) is 5.65. The summed E-state index contributed by atoms with van der Waals surface area (Å²) in [5.74, 6) is -0.0665. The van der Waals surface area contributed by atoms with Crippen LogP contribution in [0.4, 0.5) is 0 Å². The minimum absolute atomic E-state index is 0.0778. The van der Waals surface area contributed by atoms with Crippen LogP contribution in [-0.4, -0.2) is 31.3 Å². The van der Waals surface area contributed by atoms with E-state index in [9.17, 15) is 4.79 Å². The molecule has 2 aliphatic rings. The molecule has 2 aliphatic carbocycles. The standard InChI is InChI=1S/C14H25NO3/c1-17-11-6-8-13(9-7-11)18-12-4-2-10(3-5-12)14(15)16/h10-13H,2-9H2,1H3,(H2,15,16). The number of nitrogens with two attached hydrogens (primary N) is 1. The van der Waals surface area contributed by atoms with Crippen LogP contribution in [0.25, 0.3) is 0 Å². The number of carbonyl (C=O) groups excluding carboxylic acids is 1. The average Bonchev–Trinajstić information content (AvgIpc) is 2.40. The Bertz CT molecular complexity index is 266. The molecule has 2 fully saturated rings. The number of ether oxygens (including phenoxy) is 2. The van der Waals surface area contributed by atoms with Crippen molar-refractivity contribution in [3.63, 3.8) is 0 Å². The van der Waals surface area contributed by atoms with E-state index >= 15 is 0 Å². The number of methoxy groups -OCH3 is 1. The quantitative estimate of drug-likeness (QED) is 0.835. The lowest BCUT2D eigenvalue weighted by Crippen LogP contribution is -2.34. The first-order chi connectivity index (χ1) is 8.69. The predicted molar refractivity (Wildman–Crippen MR) is 69.1 cm³/mol. The fourth-order valence-electron chi connectivity index (χ4n) is 3.16. The van der Waals surface area contributed by atoms with Crippen LogP contribution in [0.3, 0.4) is 0 Å². The number of hydrogen-bond acceptors (Lipinski definition) is 3. The molecule has 0 aliphatic heterocycles. The van der Waals surface area contributed by atoms with E-state index in [4.69, 9.17) is 15.2 Å². The average molecular weight is 255 g/mol. The highest BCUT2D eigenvalue weighted by molar-refractivity contribution is 5.76. The molecule has 2 N–H and O–H groups in total. The lowest BCUT2D eigenvalue weighted by atomic mass is 9.86. The molecule has 0 aromatic carbocycles. The summed E-state index contributed by atoms with van der Waals surface area (Å²) in [6.07, 6.45) is 9.35. The second-order valence-corrected chi connectivity index (χ2v) is 5.65. The smallest absolute Gasteiger partial charge is 0.220 e. The van der Waals surface area contributed by atoms with Gasteiger partial charge in [-0.3, -0.25) is 4.79 Å². The van der Waals surface area contributed by atoms with Gasteiger partial charge < -0.3 is 15.2 Å². The van der Waals surface area contributed by atoms with Crippen molar-refractivity contribution in [2.75, 3.05) is 7.11 Å². The van der Waals surface area contributed by atoms with E-state index in [0.29, 0.717) is 18.3 Å². The van der Waals surface area contributed by atoms with Gasteiger partial charge in [0.2, 0.25) is 5.91 Å². The van der Waals surface area contributed by atoms with Crippen molar-refractivity contribution < 1.29 is 14.3 Å². The van der Waals surface area contributed by atoms with Crippen LogP contribution in [0.2, 0.25) is 0 Å². The first-order valence-corrected chi connectivity index (χ1v) is 7.16. The number of hydrogen-bond donors (Lipinski definition) is 1. The fourth-order valence-corrected chi connectivity index (χ4v) is 3.16. The van der Waals surface area contributed by atoms with Crippen molar-refractivity contribution in [2.45, 2.75) is 69.7 Å². The summed E-state index contributed by atoms with van der Waals surface area (Å²) in [5.41, 5.74) is 5.33. The Morgan fingerprint density at radius 3 is 1.78 bits per heavy atom. The van der Waals surface area contributed by atoms with Crippen LogP contribution < -0.4 is 5.73 Å². The first kappa shape index (κ1) is 13.8. The summed E-state index contributed by atoms with van der Waals surface area (Å²) >= 11 is 0. The van der Waals surface area contributed by atoms with Crippen molar-refractivity contribution >= 4 is 5.91 Å². The van der Waals surface area contributed by atoms with Crippen molar-refractivity contribution in [2.24, 2.45) is 11.7 Å². The van der Waals surface area contributed by atoms with Crippen LogP contribution in [0.1, 0.15) is 51.4 Å². The molecule has 0 aromatic heterocycles. The Morgan fingerprint density at radius 1 is 0.889 bits per heavy atom. The Hall–Kier alpha value is -0.610. The van der Waals surface area contributed by atoms with E-state index in [1.165, 1.54) is 0 Å². The third-order valence-electron chi connectivity index (χ3n) is 4.42. The van der Waals surface area contributed by atoms with Gasteiger partial charge in [-0.15, -0.1) is 0 Å². The van der Waals surface area contributed by atoms with Crippen molar-refractivity contribution in [3.8, 4) is 0 Å². The number of primary amides is 1. The molecule has 1 amide bonds. The Morgan fingerprint density at radius 2 is 1.33 bits per heavy atom. The zero-order valence-electron chi connectivity index (χ0n) is 11.3. The van der Waals surface area contributed by atoms with Gasteiger partial charge in [0.25, 0.3) is 0 Å². The molecule has 0 heterocycles. The molecule has 4 nitrogen and oxygen atoms in total. The van der Waals surface area contributed by atoms with E-state index in [-0.39, 0.29) is 11.8 Å². The summed E-state index contributed by atoms with van der Waals surface area (Å²) in [6, 6.07) is 0. The van der Waals surface area contributed by atoms with Gasteiger partial charge in [-0.2, -0.15) is 0 Å². The maximum Gasteiger partial charge on any atom is 0.220 e. The Balaban J connectivity index is 1.67. The molecule has 104 valence electrons. The molecule has 0 unspecified atom stereocenters. The molecular weight excluding hydrogens is 230 g/mol. The molecule has 2 rings (SSSR count). The van der Waals surface area contributed by atoms with E-state index in [1.54, 1.807) is 7.11 Å². The van der Waals surface area contributed by atoms with Crippen molar-refractivity contribution in [1.29, 1.82) is 0 Å². The minimum Gasteiger partial charge on any atom is -0.381 e. The normalized spacial score (nSPS) is 37.4. The summed E-state index contributed by atoms with van der Waals surface area (Å²) in [6.45, 7) is 0. The van der Waals surface area contributed by atoms with Crippen molar-refractivity contribution in [1.82, 2.24) is 0 Å². The molecule has 4 heteroatoms. The summed E-state index contributed by atoms with van der Waals surface area (Å²) in [7, 11) is 1.79. The van der Waals surface area contributed by atoms with E-state index in [0.717, 1.165) is 51.4 Å². The lowest BCUT2D eigenvalue weighted by molar-refractivity contribution is -0.124. The van der Waals surface area contributed by atoms with Gasteiger partial charge in [0.1, 0.15) is 0 Å². The third-order valence-corrected chi connectivity index (χ3v) is 4.42. The van der Waals surface area contributed by atoms with Gasteiger partial charge in [0, 0.05) is 13.0 Å². The number of rotatable bonds is 4. The molecule has 18 heavy (non-hydrogen) atoms. The maximum absolute atomic E-state index is 11.1. The predicted octanol–water partition coefficient (Wildman–Crippen LogP) is 2.00. The highest BCUT2D eigenvalue weighted by Gasteiger charge is 2.28. The zero-order chi connectivity index (χ0) is 13.0. The van der Waals surface area contributed by atoms with Crippen LogP contribution in [0.5, 0.6) is 0 Å². The Labute approximate surface area is 109 Å². The lowest BCUT2D eigenvalue weighted by Gasteiger charge is -2.33. The molecular formula is C14H25NO3. The molecule has 2 saturated carbocycles. The van der Waals surface area contributed by atoms with Crippen LogP contribution in [0, 0.1) is 5.92 Å². The summed E-state index contributed by atoms with van der Waals surface area (Å²) < 4.78 is 11.5.